The first-order valence-corrected chi connectivity index (χ1v) is 11.3. The molecule has 0 bridgehead atoms. The van der Waals surface area contributed by atoms with Crippen molar-refractivity contribution < 1.29 is 18.7 Å². The van der Waals surface area contributed by atoms with Crippen LogP contribution in [0.3, 0.4) is 0 Å². The van der Waals surface area contributed by atoms with Crippen LogP contribution in [0.15, 0.2) is 42.5 Å². The van der Waals surface area contributed by atoms with Gasteiger partial charge in [-0.15, -0.1) is 0 Å². The lowest BCUT2D eigenvalue weighted by Gasteiger charge is -2.27. The Bertz CT molecular complexity index is 1000. The van der Waals surface area contributed by atoms with Crippen molar-refractivity contribution >= 4 is 17.6 Å². The van der Waals surface area contributed by atoms with Gasteiger partial charge >= 0.3 is 5.97 Å². The highest BCUT2D eigenvalue weighted by Gasteiger charge is 2.28. The summed E-state index contributed by atoms with van der Waals surface area (Å²) in [6.45, 7) is 2.21. The number of benzene rings is 2. The van der Waals surface area contributed by atoms with E-state index in [1.54, 1.807) is 42.5 Å². The summed E-state index contributed by atoms with van der Waals surface area (Å²) in [5.74, 6) is 0.723. The van der Waals surface area contributed by atoms with Crippen LogP contribution in [0.4, 0.5) is 4.39 Å². The van der Waals surface area contributed by atoms with E-state index in [9.17, 15) is 14.4 Å². The summed E-state index contributed by atoms with van der Waals surface area (Å²) in [7, 11) is 1.50. The third kappa shape index (κ3) is 5.97. The fourth-order valence-electron chi connectivity index (χ4n) is 4.25. The normalized spacial score (nSPS) is 18.6. The molecule has 0 aromatic heterocycles. The second-order valence-corrected chi connectivity index (χ2v) is 8.34. The van der Waals surface area contributed by atoms with Gasteiger partial charge in [-0.1, -0.05) is 50.5 Å². The van der Waals surface area contributed by atoms with Crippen LogP contribution in [0.2, 0.25) is 0 Å². The lowest BCUT2D eigenvalue weighted by Crippen LogP contribution is -2.25. The molecule has 1 aliphatic rings. The van der Waals surface area contributed by atoms with Crippen molar-refractivity contribution in [1.29, 1.82) is 5.26 Å². The Morgan fingerprint density at radius 3 is 2.56 bits per heavy atom. The third-order valence-corrected chi connectivity index (χ3v) is 6.14. The lowest BCUT2D eigenvalue weighted by molar-refractivity contribution is -0.140. The van der Waals surface area contributed by atoms with Crippen molar-refractivity contribution in [3.8, 4) is 17.6 Å². The van der Waals surface area contributed by atoms with Crippen LogP contribution in [-0.4, -0.2) is 13.1 Å². The minimum absolute atomic E-state index is 0.0802. The van der Waals surface area contributed by atoms with E-state index >= 15 is 0 Å². The standard InChI is InChI=1S/C27H30FNO3/c1-3-4-7-19-10-13-21(14-11-19)27(30)32-25-15-12-20(17-26(25)31-2)16-22(18-29)23-8-5-6-9-24(23)28/h5-6,8-9,12,15-17,19,21H,3-4,7,10-11,13-14H2,1-2H3/b22-16-. The Hall–Kier alpha value is -3.13. The molecular weight excluding hydrogens is 405 g/mol. The molecule has 1 aliphatic carbocycles. The van der Waals surface area contributed by atoms with Crippen LogP contribution in [0.1, 0.15) is 63.0 Å². The smallest absolute Gasteiger partial charge is 0.314 e. The van der Waals surface area contributed by atoms with Crippen molar-refractivity contribution in [2.24, 2.45) is 11.8 Å². The first-order valence-electron chi connectivity index (χ1n) is 11.3. The molecule has 0 unspecified atom stereocenters. The van der Waals surface area contributed by atoms with Gasteiger partial charge in [-0.05, 0) is 61.4 Å². The number of hydrogen-bond donors (Lipinski definition) is 0. The van der Waals surface area contributed by atoms with Crippen LogP contribution in [0.25, 0.3) is 11.6 Å². The van der Waals surface area contributed by atoms with E-state index in [2.05, 4.69) is 6.92 Å². The fourth-order valence-corrected chi connectivity index (χ4v) is 4.25. The van der Waals surface area contributed by atoms with E-state index < -0.39 is 5.82 Å². The maximum Gasteiger partial charge on any atom is 0.314 e. The number of nitriles is 1. The zero-order valence-corrected chi connectivity index (χ0v) is 18.8. The maximum atomic E-state index is 14.1. The molecule has 1 fully saturated rings. The highest BCUT2D eigenvalue weighted by molar-refractivity contribution is 5.90. The molecule has 168 valence electrons. The zero-order valence-electron chi connectivity index (χ0n) is 18.8. The maximum absolute atomic E-state index is 14.1. The fraction of sp³-hybridized carbons (Fsp3) is 0.407. The van der Waals surface area contributed by atoms with Gasteiger partial charge in [0.25, 0.3) is 0 Å². The number of nitrogens with zero attached hydrogens (tertiary/aromatic N) is 1. The number of carbonyl (C=O) groups is 1. The number of unbranched alkanes of at least 4 members (excludes halogenated alkanes) is 1. The molecule has 0 N–H and O–H groups in total. The van der Waals surface area contributed by atoms with E-state index in [1.807, 2.05) is 6.07 Å². The summed E-state index contributed by atoms with van der Waals surface area (Å²) in [6, 6.07) is 13.3. The molecule has 0 spiro atoms. The summed E-state index contributed by atoms with van der Waals surface area (Å²) in [6.07, 6.45) is 9.18. The quantitative estimate of drug-likeness (QED) is 0.198. The van der Waals surface area contributed by atoms with Crippen molar-refractivity contribution in [3.63, 3.8) is 0 Å². The molecular formula is C27H30FNO3. The molecule has 2 aromatic carbocycles. The Labute approximate surface area is 189 Å². The Morgan fingerprint density at radius 1 is 1.16 bits per heavy atom. The average molecular weight is 436 g/mol. The molecule has 3 rings (SSSR count). The zero-order chi connectivity index (χ0) is 22.9. The van der Waals surface area contributed by atoms with E-state index in [0.29, 0.717) is 17.1 Å². The summed E-state index contributed by atoms with van der Waals surface area (Å²) in [4.78, 5) is 12.7. The molecule has 2 aromatic rings. The van der Waals surface area contributed by atoms with Gasteiger partial charge < -0.3 is 9.47 Å². The van der Waals surface area contributed by atoms with Crippen LogP contribution in [0, 0.1) is 29.0 Å². The molecule has 5 heteroatoms. The minimum Gasteiger partial charge on any atom is -0.493 e. The van der Waals surface area contributed by atoms with Gasteiger partial charge in [-0.25, -0.2) is 4.39 Å². The second-order valence-electron chi connectivity index (χ2n) is 8.34. The average Bonchev–Trinajstić information content (AvgIpc) is 2.82. The first kappa shape index (κ1) is 23.5. The minimum atomic E-state index is -0.456. The first-order chi connectivity index (χ1) is 15.5. The molecule has 4 nitrogen and oxygen atoms in total. The van der Waals surface area contributed by atoms with Crippen LogP contribution in [-0.2, 0) is 4.79 Å². The van der Waals surface area contributed by atoms with Gasteiger partial charge in [0, 0.05) is 5.56 Å². The number of carbonyl (C=O) groups excluding carboxylic acids is 1. The predicted octanol–water partition coefficient (Wildman–Crippen LogP) is 6.80. The van der Waals surface area contributed by atoms with Crippen molar-refractivity contribution in [2.45, 2.75) is 51.9 Å². The monoisotopic (exact) mass is 435 g/mol. The van der Waals surface area contributed by atoms with E-state index in [-0.39, 0.29) is 23.0 Å². The summed E-state index contributed by atoms with van der Waals surface area (Å²) >= 11 is 0. The van der Waals surface area contributed by atoms with Crippen LogP contribution in [0.5, 0.6) is 11.5 Å². The molecule has 0 amide bonds. The molecule has 0 atom stereocenters. The SMILES string of the molecule is CCCCC1CCC(C(=O)Oc2ccc(/C=C(/C#N)c3ccccc3F)cc2OC)CC1. The largest absolute Gasteiger partial charge is 0.493 e. The molecule has 0 heterocycles. The number of ether oxygens (including phenoxy) is 2. The van der Waals surface area contributed by atoms with E-state index in [4.69, 9.17) is 9.47 Å². The number of esters is 1. The van der Waals surface area contributed by atoms with Gasteiger partial charge in [0.15, 0.2) is 11.5 Å². The van der Waals surface area contributed by atoms with Gasteiger partial charge in [-0.3, -0.25) is 4.79 Å². The number of allylic oxidation sites excluding steroid dienone is 1. The van der Waals surface area contributed by atoms with Gasteiger partial charge in [0.05, 0.1) is 24.7 Å². The topological polar surface area (TPSA) is 59.3 Å². The van der Waals surface area contributed by atoms with Gasteiger partial charge in [0.1, 0.15) is 5.82 Å². The van der Waals surface area contributed by atoms with Crippen LogP contribution >= 0.6 is 0 Å². The Balaban J connectivity index is 1.70. The molecule has 32 heavy (non-hydrogen) atoms. The Kier molecular flexibility index (Phi) is 8.44. The van der Waals surface area contributed by atoms with Crippen molar-refractivity contribution in [2.75, 3.05) is 7.11 Å². The lowest BCUT2D eigenvalue weighted by atomic mass is 9.80. The van der Waals surface area contributed by atoms with Gasteiger partial charge in [0.2, 0.25) is 0 Å². The number of hydrogen-bond acceptors (Lipinski definition) is 4. The van der Waals surface area contributed by atoms with Crippen molar-refractivity contribution in [1.82, 2.24) is 0 Å². The Morgan fingerprint density at radius 2 is 1.91 bits per heavy atom. The van der Waals surface area contributed by atoms with Crippen LogP contribution < -0.4 is 9.47 Å². The third-order valence-electron chi connectivity index (χ3n) is 6.14. The second kappa shape index (κ2) is 11.5. The molecule has 0 aliphatic heterocycles. The molecule has 0 radical (unpaired) electrons. The summed E-state index contributed by atoms with van der Waals surface area (Å²) < 4.78 is 25.2. The number of halogens is 1. The van der Waals surface area contributed by atoms with Gasteiger partial charge in [-0.2, -0.15) is 5.26 Å². The van der Waals surface area contributed by atoms with Crippen molar-refractivity contribution in [3.05, 3.63) is 59.4 Å². The number of rotatable bonds is 8. The summed E-state index contributed by atoms with van der Waals surface area (Å²) in [5.41, 5.74) is 1.09. The highest BCUT2D eigenvalue weighted by atomic mass is 19.1. The summed E-state index contributed by atoms with van der Waals surface area (Å²) in [5, 5.41) is 9.49. The predicted molar refractivity (Wildman–Crippen MR) is 123 cm³/mol. The number of methoxy groups -OCH3 is 1. The van der Waals surface area contributed by atoms with E-state index in [1.165, 1.54) is 32.4 Å². The highest BCUT2D eigenvalue weighted by Crippen LogP contribution is 2.35. The van der Waals surface area contributed by atoms with E-state index in [0.717, 1.165) is 31.6 Å². The molecule has 1 saturated carbocycles. The molecule has 0 saturated heterocycles.